The van der Waals surface area contributed by atoms with Crippen LogP contribution in [0.1, 0.15) is 45.9 Å². The molecule has 1 amide bonds. The Kier molecular flexibility index (Phi) is 4.08. The predicted octanol–water partition coefficient (Wildman–Crippen LogP) is 4.04. The van der Waals surface area contributed by atoms with Gasteiger partial charge in [0, 0.05) is 16.3 Å². The van der Waals surface area contributed by atoms with Crippen molar-refractivity contribution in [1.82, 2.24) is 5.32 Å². The lowest BCUT2D eigenvalue weighted by Crippen LogP contribution is -2.31. The molecular weight excluding hydrogens is 296 g/mol. The Morgan fingerprint density at radius 1 is 1.27 bits per heavy atom. The third-order valence-corrected chi connectivity index (χ3v) is 4.63. The Bertz CT molecular complexity index is 727. The number of aryl methyl sites for hydroxylation is 2. The number of anilines is 1. The SMILES string of the molecule is Cc1cc(C(=O)NC2CCCc3cc(N)ccc32)ccc1Cl. The molecule has 0 heterocycles. The summed E-state index contributed by atoms with van der Waals surface area (Å²) in [4.78, 5) is 12.5. The molecule has 2 aromatic rings. The average Bonchev–Trinajstić information content (AvgIpc) is 2.50. The first-order valence-electron chi connectivity index (χ1n) is 7.50. The molecular formula is C18H19ClN2O. The standard InChI is InChI=1S/C18H19ClN2O/c1-11-9-13(5-8-16(11)19)18(22)21-17-4-2-3-12-10-14(20)6-7-15(12)17/h5-10,17H,2-4,20H2,1H3,(H,21,22). The van der Waals surface area contributed by atoms with Gasteiger partial charge < -0.3 is 11.1 Å². The van der Waals surface area contributed by atoms with Crippen LogP contribution < -0.4 is 11.1 Å². The summed E-state index contributed by atoms with van der Waals surface area (Å²) in [6.07, 6.45) is 3.03. The molecule has 2 aromatic carbocycles. The summed E-state index contributed by atoms with van der Waals surface area (Å²) in [5.41, 5.74) is 10.6. The quantitative estimate of drug-likeness (QED) is 0.822. The molecule has 0 saturated carbocycles. The summed E-state index contributed by atoms with van der Waals surface area (Å²) in [6.45, 7) is 1.90. The normalized spacial score (nSPS) is 16.9. The summed E-state index contributed by atoms with van der Waals surface area (Å²) in [6, 6.07) is 11.3. The zero-order chi connectivity index (χ0) is 15.7. The van der Waals surface area contributed by atoms with Crippen LogP contribution >= 0.6 is 11.6 Å². The monoisotopic (exact) mass is 314 g/mol. The Labute approximate surface area is 135 Å². The Balaban J connectivity index is 1.82. The molecule has 0 aliphatic heterocycles. The summed E-state index contributed by atoms with van der Waals surface area (Å²) < 4.78 is 0. The van der Waals surface area contributed by atoms with Gasteiger partial charge in [0.2, 0.25) is 0 Å². The minimum Gasteiger partial charge on any atom is -0.399 e. The first-order valence-corrected chi connectivity index (χ1v) is 7.87. The second-order valence-electron chi connectivity index (χ2n) is 5.84. The predicted molar refractivity (Wildman–Crippen MR) is 90.2 cm³/mol. The Hall–Kier alpha value is -2.00. The maximum atomic E-state index is 12.5. The highest BCUT2D eigenvalue weighted by Crippen LogP contribution is 2.31. The lowest BCUT2D eigenvalue weighted by Gasteiger charge is -2.26. The van der Waals surface area contributed by atoms with Gasteiger partial charge in [0.1, 0.15) is 0 Å². The number of rotatable bonds is 2. The van der Waals surface area contributed by atoms with E-state index in [9.17, 15) is 4.79 Å². The van der Waals surface area contributed by atoms with Gasteiger partial charge in [-0.1, -0.05) is 17.7 Å². The largest absolute Gasteiger partial charge is 0.399 e. The van der Waals surface area contributed by atoms with E-state index in [1.54, 1.807) is 12.1 Å². The molecule has 3 nitrogen and oxygen atoms in total. The van der Waals surface area contributed by atoms with Crippen molar-refractivity contribution in [2.75, 3.05) is 5.73 Å². The molecule has 3 rings (SSSR count). The van der Waals surface area contributed by atoms with E-state index in [0.717, 1.165) is 30.5 Å². The molecule has 114 valence electrons. The van der Waals surface area contributed by atoms with Gasteiger partial charge in [-0.2, -0.15) is 0 Å². The maximum absolute atomic E-state index is 12.5. The first-order chi connectivity index (χ1) is 10.5. The number of nitrogens with one attached hydrogen (secondary N) is 1. The number of halogens is 1. The third kappa shape index (κ3) is 2.95. The van der Waals surface area contributed by atoms with E-state index in [0.29, 0.717) is 10.6 Å². The van der Waals surface area contributed by atoms with E-state index < -0.39 is 0 Å². The zero-order valence-corrected chi connectivity index (χ0v) is 13.3. The second-order valence-corrected chi connectivity index (χ2v) is 6.25. The van der Waals surface area contributed by atoms with Crippen LogP contribution in [0.15, 0.2) is 36.4 Å². The molecule has 1 unspecified atom stereocenters. The van der Waals surface area contributed by atoms with Gasteiger partial charge in [-0.15, -0.1) is 0 Å². The van der Waals surface area contributed by atoms with Crippen LogP contribution in [0.25, 0.3) is 0 Å². The lowest BCUT2D eigenvalue weighted by atomic mass is 9.87. The third-order valence-electron chi connectivity index (χ3n) is 4.21. The molecule has 0 fully saturated rings. The van der Waals surface area contributed by atoms with Gasteiger partial charge in [-0.05, 0) is 73.2 Å². The number of hydrogen-bond donors (Lipinski definition) is 2. The molecule has 0 saturated heterocycles. The van der Waals surface area contributed by atoms with Crippen LogP contribution in [0.4, 0.5) is 5.69 Å². The van der Waals surface area contributed by atoms with E-state index in [-0.39, 0.29) is 11.9 Å². The maximum Gasteiger partial charge on any atom is 0.251 e. The number of fused-ring (bicyclic) bond motifs is 1. The molecule has 22 heavy (non-hydrogen) atoms. The van der Waals surface area contributed by atoms with E-state index in [4.69, 9.17) is 17.3 Å². The number of carbonyl (C=O) groups is 1. The van der Waals surface area contributed by atoms with Crippen molar-refractivity contribution >= 4 is 23.2 Å². The number of carbonyl (C=O) groups excluding carboxylic acids is 1. The highest BCUT2D eigenvalue weighted by atomic mass is 35.5. The van der Waals surface area contributed by atoms with E-state index in [2.05, 4.69) is 5.32 Å². The average molecular weight is 315 g/mol. The van der Waals surface area contributed by atoms with Crippen molar-refractivity contribution < 1.29 is 4.79 Å². The van der Waals surface area contributed by atoms with Crippen molar-refractivity contribution in [3.8, 4) is 0 Å². The number of benzene rings is 2. The van der Waals surface area contributed by atoms with Gasteiger partial charge in [0.25, 0.3) is 5.91 Å². The number of amides is 1. The second kappa shape index (κ2) is 6.01. The van der Waals surface area contributed by atoms with Crippen molar-refractivity contribution in [2.24, 2.45) is 0 Å². The minimum absolute atomic E-state index is 0.0489. The van der Waals surface area contributed by atoms with Gasteiger partial charge in [0.15, 0.2) is 0 Å². The molecule has 1 aliphatic rings. The first kappa shape index (κ1) is 14.9. The smallest absolute Gasteiger partial charge is 0.251 e. The van der Waals surface area contributed by atoms with Crippen molar-refractivity contribution in [3.05, 3.63) is 63.7 Å². The summed E-state index contributed by atoms with van der Waals surface area (Å²) >= 11 is 6.02. The van der Waals surface area contributed by atoms with E-state index in [1.165, 1.54) is 11.1 Å². The molecule has 0 spiro atoms. The molecule has 1 atom stereocenters. The van der Waals surface area contributed by atoms with Gasteiger partial charge >= 0.3 is 0 Å². The molecule has 3 N–H and O–H groups in total. The van der Waals surface area contributed by atoms with Crippen LogP contribution in [0.5, 0.6) is 0 Å². The molecule has 0 radical (unpaired) electrons. The van der Waals surface area contributed by atoms with E-state index >= 15 is 0 Å². The number of nitrogens with two attached hydrogens (primary N) is 1. The fraction of sp³-hybridized carbons (Fsp3) is 0.278. The van der Waals surface area contributed by atoms with Gasteiger partial charge in [0.05, 0.1) is 6.04 Å². The molecule has 0 bridgehead atoms. The van der Waals surface area contributed by atoms with Gasteiger partial charge in [-0.3, -0.25) is 4.79 Å². The van der Waals surface area contributed by atoms with Crippen LogP contribution in [-0.2, 0) is 6.42 Å². The Morgan fingerprint density at radius 3 is 2.86 bits per heavy atom. The summed E-state index contributed by atoms with van der Waals surface area (Å²) in [5.74, 6) is -0.0607. The highest BCUT2D eigenvalue weighted by Gasteiger charge is 2.22. The highest BCUT2D eigenvalue weighted by molar-refractivity contribution is 6.31. The van der Waals surface area contributed by atoms with Crippen LogP contribution in [0.2, 0.25) is 5.02 Å². The zero-order valence-electron chi connectivity index (χ0n) is 12.5. The van der Waals surface area contributed by atoms with Crippen molar-refractivity contribution in [3.63, 3.8) is 0 Å². The van der Waals surface area contributed by atoms with Crippen molar-refractivity contribution in [1.29, 1.82) is 0 Å². The molecule has 4 heteroatoms. The van der Waals surface area contributed by atoms with Crippen LogP contribution in [0, 0.1) is 6.92 Å². The number of hydrogen-bond acceptors (Lipinski definition) is 2. The minimum atomic E-state index is -0.0607. The number of nitrogen functional groups attached to an aromatic ring is 1. The van der Waals surface area contributed by atoms with Crippen LogP contribution in [0.3, 0.4) is 0 Å². The fourth-order valence-electron chi connectivity index (χ4n) is 3.01. The molecule has 1 aliphatic carbocycles. The van der Waals surface area contributed by atoms with Crippen molar-refractivity contribution in [2.45, 2.75) is 32.2 Å². The summed E-state index contributed by atoms with van der Waals surface area (Å²) in [7, 11) is 0. The molecule has 0 aromatic heterocycles. The van der Waals surface area contributed by atoms with E-state index in [1.807, 2.05) is 31.2 Å². The Morgan fingerprint density at radius 2 is 2.09 bits per heavy atom. The van der Waals surface area contributed by atoms with Gasteiger partial charge in [-0.25, -0.2) is 0 Å². The summed E-state index contributed by atoms with van der Waals surface area (Å²) in [5, 5.41) is 3.81. The topological polar surface area (TPSA) is 55.1 Å². The lowest BCUT2D eigenvalue weighted by molar-refractivity contribution is 0.0932. The van der Waals surface area contributed by atoms with Crippen LogP contribution in [-0.4, -0.2) is 5.91 Å². The fourth-order valence-corrected chi connectivity index (χ4v) is 3.13.